The number of hydrogen-bond acceptors (Lipinski definition) is 5. The third kappa shape index (κ3) is 5.42. The van der Waals surface area contributed by atoms with Crippen molar-refractivity contribution in [3.05, 3.63) is 11.1 Å². The number of carbonyl (C=O) groups excluding carboxylic acids is 2. The molecule has 0 atom stereocenters. The van der Waals surface area contributed by atoms with Crippen molar-refractivity contribution in [3.8, 4) is 0 Å². The van der Waals surface area contributed by atoms with Crippen LogP contribution in [0.4, 0.5) is 9.93 Å². The van der Waals surface area contributed by atoms with E-state index in [-0.39, 0.29) is 11.9 Å². The van der Waals surface area contributed by atoms with Crippen molar-refractivity contribution >= 4 is 28.4 Å². The lowest BCUT2D eigenvalue weighted by Crippen LogP contribution is -2.41. The van der Waals surface area contributed by atoms with Gasteiger partial charge in [0.2, 0.25) is 5.91 Å². The molecule has 0 aromatic carbocycles. The molecule has 0 saturated carbocycles. The van der Waals surface area contributed by atoms with Crippen LogP contribution in [0.15, 0.2) is 5.38 Å². The van der Waals surface area contributed by atoms with E-state index >= 15 is 0 Å². The number of hydrogen-bond donors (Lipinski definition) is 1. The van der Waals surface area contributed by atoms with E-state index in [4.69, 9.17) is 0 Å². The van der Waals surface area contributed by atoms with Crippen molar-refractivity contribution in [3.63, 3.8) is 0 Å². The van der Waals surface area contributed by atoms with E-state index in [2.05, 4.69) is 29.2 Å². The summed E-state index contributed by atoms with van der Waals surface area (Å²) in [5.41, 5.74) is 0.765. The molecule has 2 aliphatic rings. The molecule has 2 aliphatic heterocycles. The van der Waals surface area contributed by atoms with Crippen LogP contribution in [-0.2, 0) is 11.2 Å². The summed E-state index contributed by atoms with van der Waals surface area (Å²) in [6.07, 6.45) is 4.98. The van der Waals surface area contributed by atoms with Gasteiger partial charge < -0.3 is 15.1 Å². The van der Waals surface area contributed by atoms with E-state index in [1.54, 1.807) is 4.90 Å². The number of amides is 3. The summed E-state index contributed by atoms with van der Waals surface area (Å²) < 4.78 is 0. The first-order valence-electron chi connectivity index (χ1n) is 10.0. The summed E-state index contributed by atoms with van der Waals surface area (Å²) in [5.74, 6) is 0.839. The highest BCUT2D eigenvalue weighted by Crippen LogP contribution is 2.23. The number of nitrogens with zero attached hydrogens (tertiary/aromatic N) is 4. The zero-order valence-electron chi connectivity index (χ0n) is 16.4. The average Bonchev–Trinajstić information content (AvgIpc) is 3.29. The molecule has 1 aromatic heterocycles. The third-order valence-corrected chi connectivity index (χ3v) is 6.30. The van der Waals surface area contributed by atoms with Gasteiger partial charge in [-0.2, -0.15) is 0 Å². The second-order valence-corrected chi connectivity index (χ2v) is 8.46. The van der Waals surface area contributed by atoms with Gasteiger partial charge in [-0.3, -0.25) is 9.69 Å². The average molecular weight is 394 g/mol. The van der Waals surface area contributed by atoms with E-state index in [0.717, 1.165) is 44.7 Å². The summed E-state index contributed by atoms with van der Waals surface area (Å²) in [4.78, 5) is 34.9. The Balaban J connectivity index is 1.43. The van der Waals surface area contributed by atoms with Gasteiger partial charge in [0.1, 0.15) is 0 Å². The van der Waals surface area contributed by atoms with Crippen molar-refractivity contribution in [2.75, 3.05) is 51.2 Å². The van der Waals surface area contributed by atoms with E-state index in [9.17, 15) is 9.59 Å². The maximum absolute atomic E-state index is 12.6. The van der Waals surface area contributed by atoms with Crippen molar-refractivity contribution in [2.45, 2.75) is 39.0 Å². The third-order valence-electron chi connectivity index (χ3n) is 5.39. The lowest BCUT2D eigenvalue weighted by Gasteiger charge is -2.34. The Morgan fingerprint density at radius 2 is 2.15 bits per heavy atom. The molecule has 2 fully saturated rings. The Hall–Kier alpha value is -1.67. The molecule has 27 heavy (non-hydrogen) atoms. The minimum Gasteiger partial charge on any atom is -0.342 e. The number of carbonyl (C=O) groups is 2. The van der Waals surface area contributed by atoms with Gasteiger partial charge in [-0.05, 0) is 38.8 Å². The number of rotatable bonds is 8. The first kappa shape index (κ1) is 20.1. The minimum absolute atomic E-state index is 0.104. The van der Waals surface area contributed by atoms with Gasteiger partial charge in [0.15, 0.2) is 5.13 Å². The quantitative estimate of drug-likeness (QED) is 0.735. The van der Waals surface area contributed by atoms with Gasteiger partial charge in [0.05, 0.1) is 12.1 Å². The Morgan fingerprint density at radius 1 is 1.37 bits per heavy atom. The molecule has 3 rings (SSSR count). The fourth-order valence-electron chi connectivity index (χ4n) is 3.75. The van der Waals surface area contributed by atoms with Gasteiger partial charge in [-0.1, -0.05) is 13.3 Å². The Bertz CT molecular complexity index is 642. The van der Waals surface area contributed by atoms with E-state index in [1.807, 2.05) is 10.3 Å². The van der Waals surface area contributed by atoms with Gasteiger partial charge in [-0.25, -0.2) is 9.78 Å². The highest BCUT2D eigenvalue weighted by molar-refractivity contribution is 7.14. The van der Waals surface area contributed by atoms with Crippen molar-refractivity contribution in [2.24, 2.45) is 5.92 Å². The zero-order chi connectivity index (χ0) is 19.2. The Labute approximate surface area is 165 Å². The second-order valence-electron chi connectivity index (χ2n) is 7.62. The van der Waals surface area contributed by atoms with Crippen LogP contribution in [0, 0.1) is 5.92 Å². The number of urea groups is 1. The van der Waals surface area contributed by atoms with Crippen LogP contribution in [0.3, 0.4) is 0 Å². The summed E-state index contributed by atoms with van der Waals surface area (Å²) >= 11 is 1.43. The Kier molecular flexibility index (Phi) is 7.07. The molecule has 8 heteroatoms. The monoisotopic (exact) mass is 393 g/mol. The molecule has 3 amide bonds. The van der Waals surface area contributed by atoms with Crippen LogP contribution in [-0.4, -0.2) is 73.0 Å². The Morgan fingerprint density at radius 3 is 2.81 bits per heavy atom. The van der Waals surface area contributed by atoms with Crippen LogP contribution in [0.25, 0.3) is 0 Å². The van der Waals surface area contributed by atoms with Gasteiger partial charge >= 0.3 is 6.03 Å². The standard InChI is InChI=1S/C19H31N5O2S/c1-3-4-8-22(2)13-15-5-9-23(10-6-15)17(25)12-16-14-27-19(21-16)24-11-7-20-18(24)26/h14-15H,3-13H2,1-2H3,(H,20,26). The number of thiazole rings is 1. The van der Waals surface area contributed by atoms with Crippen LogP contribution < -0.4 is 10.2 Å². The summed E-state index contributed by atoms with van der Waals surface area (Å²) in [5, 5.41) is 5.35. The first-order valence-corrected chi connectivity index (χ1v) is 10.9. The van der Waals surface area contributed by atoms with Gasteiger partial charge in [-0.15, -0.1) is 11.3 Å². The number of aromatic nitrogens is 1. The maximum atomic E-state index is 12.6. The predicted octanol–water partition coefficient (Wildman–Crippen LogP) is 2.19. The van der Waals surface area contributed by atoms with Crippen molar-refractivity contribution < 1.29 is 9.59 Å². The molecule has 0 radical (unpaired) electrons. The molecule has 0 aliphatic carbocycles. The lowest BCUT2D eigenvalue weighted by molar-refractivity contribution is -0.131. The topological polar surface area (TPSA) is 68.8 Å². The number of likely N-dealkylation sites (tertiary alicyclic amines) is 1. The van der Waals surface area contributed by atoms with Gasteiger partial charge in [0, 0.05) is 38.1 Å². The molecule has 7 nitrogen and oxygen atoms in total. The molecule has 0 unspecified atom stereocenters. The highest BCUT2D eigenvalue weighted by atomic mass is 32.1. The van der Waals surface area contributed by atoms with E-state index < -0.39 is 0 Å². The highest BCUT2D eigenvalue weighted by Gasteiger charge is 2.26. The fourth-order valence-corrected chi connectivity index (χ4v) is 4.60. The smallest absolute Gasteiger partial charge is 0.323 e. The molecule has 1 N–H and O–H groups in total. The van der Waals surface area contributed by atoms with Crippen LogP contribution in [0.5, 0.6) is 0 Å². The minimum atomic E-state index is -0.104. The first-order chi connectivity index (χ1) is 13.1. The fraction of sp³-hybridized carbons (Fsp3) is 0.737. The van der Waals surface area contributed by atoms with Crippen molar-refractivity contribution in [1.29, 1.82) is 0 Å². The maximum Gasteiger partial charge on any atom is 0.323 e. The van der Waals surface area contributed by atoms with Crippen LogP contribution >= 0.6 is 11.3 Å². The van der Waals surface area contributed by atoms with Crippen LogP contribution in [0.1, 0.15) is 38.3 Å². The number of anilines is 1. The molecule has 0 spiro atoms. The van der Waals surface area contributed by atoms with E-state index in [1.165, 1.54) is 24.2 Å². The predicted molar refractivity (Wildman–Crippen MR) is 108 cm³/mol. The molecule has 150 valence electrons. The molecule has 3 heterocycles. The summed E-state index contributed by atoms with van der Waals surface area (Å²) in [6.45, 7) is 7.50. The molecular formula is C19H31N5O2S. The molecule has 0 bridgehead atoms. The summed E-state index contributed by atoms with van der Waals surface area (Å²) in [7, 11) is 2.20. The van der Waals surface area contributed by atoms with E-state index in [0.29, 0.717) is 30.6 Å². The SMILES string of the molecule is CCCCN(C)CC1CCN(C(=O)Cc2csc(N3CCNC3=O)n2)CC1. The molecular weight excluding hydrogens is 362 g/mol. The number of nitrogens with one attached hydrogen (secondary N) is 1. The summed E-state index contributed by atoms with van der Waals surface area (Å²) in [6, 6.07) is -0.104. The molecule has 1 aromatic rings. The second kappa shape index (κ2) is 9.50. The molecule has 2 saturated heterocycles. The normalized spacial score (nSPS) is 18.4. The van der Waals surface area contributed by atoms with Gasteiger partial charge in [0.25, 0.3) is 0 Å². The largest absolute Gasteiger partial charge is 0.342 e. The van der Waals surface area contributed by atoms with Crippen molar-refractivity contribution in [1.82, 2.24) is 20.1 Å². The number of piperidine rings is 1. The lowest BCUT2D eigenvalue weighted by atomic mass is 9.96. The zero-order valence-corrected chi connectivity index (χ0v) is 17.3. The number of unbranched alkanes of at least 4 members (excludes halogenated alkanes) is 1. The van der Waals surface area contributed by atoms with Crippen LogP contribution in [0.2, 0.25) is 0 Å².